The van der Waals surface area contributed by atoms with Crippen LogP contribution < -0.4 is 9.46 Å². The van der Waals surface area contributed by atoms with Gasteiger partial charge in [-0.2, -0.15) is 0 Å². The molecule has 3 aromatic rings. The maximum Gasteiger partial charge on any atom is 0.335 e. The van der Waals surface area contributed by atoms with Crippen molar-refractivity contribution in [2.75, 3.05) is 4.72 Å². The molecule has 0 saturated carbocycles. The van der Waals surface area contributed by atoms with Crippen LogP contribution in [-0.4, -0.2) is 29.5 Å². The van der Waals surface area contributed by atoms with E-state index < -0.39 is 16.0 Å². The van der Waals surface area contributed by atoms with E-state index in [1.54, 1.807) is 18.2 Å². The van der Waals surface area contributed by atoms with E-state index in [0.29, 0.717) is 5.75 Å². The van der Waals surface area contributed by atoms with Crippen LogP contribution in [-0.2, 0) is 10.0 Å². The number of benzene rings is 2. The van der Waals surface area contributed by atoms with Gasteiger partial charge in [-0.3, -0.25) is 9.71 Å². The minimum atomic E-state index is -3.96. The van der Waals surface area contributed by atoms with Crippen molar-refractivity contribution < 1.29 is 23.1 Å². The summed E-state index contributed by atoms with van der Waals surface area (Å²) in [7, 11) is -3.96. The first-order valence-electron chi connectivity index (χ1n) is 7.34. The van der Waals surface area contributed by atoms with Crippen LogP contribution >= 0.6 is 0 Å². The summed E-state index contributed by atoms with van der Waals surface area (Å²) in [5.74, 6) is -0.576. The second-order valence-corrected chi connectivity index (χ2v) is 6.79. The first-order chi connectivity index (χ1) is 12.4. The molecule has 0 amide bonds. The summed E-state index contributed by atoms with van der Waals surface area (Å²) < 4.78 is 32.9. The standard InChI is InChI=1S/C17H13N3O5S/c21-17(22)12-3-1-6-15(9-12)26(23,24)20-13-4-2-5-14(10-13)25-16-11-18-7-8-19-16/h1-11,20H,(H,21,22). The summed E-state index contributed by atoms with van der Waals surface area (Å²) in [5.41, 5.74) is 0.139. The van der Waals surface area contributed by atoms with Crippen molar-refractivity contribution in [2.45, 2.75) is 4.90 Å². The second kappa shape index (κ2) is 7.19. The van der Waals surface area contributed by atoms with Crippen molar-refractivity contribution in [2.24, 2.45) is 0 Å². The summed E-state index contributed by atoms with van der Waals surface area (Å²) in [5, 5.41) is 9.00. The molecule has 0 aliphatic carbocycles. The van der Waals surface area contributed by atoms with Crippen LogP contribution in [0.5, 0.6) is 11.6 Å². The first kappa shape index (κ1) is 17.4. The maximum absolute atomic E-state index is 12.5. The minimum Gasteiger partial charge on any atom is -0.478 e. The van der Waals surface area contributed by atoms with Gasteiger partial charge in [0.2, 0.25) is 5.88 Å². The zero-order valence-corrected chi connectivity index (χ0v) is 14.1. The molecule has 0 bridgehead atoms. The highest BCUT2D eigenvalue weighted by atomic mass is 32.2. The highest BCUT2D eigenvalue weighted by Crippen LogP contribution is 2.24. The third kappa shape index (κ3) is 4.14. The number of nitrogens with one attached hydrogen (secondary N) is 1. The Morgan fingerprint density at radius 3 is 2.62 bits per heavy atom. The molecule has 0 aliphatic heterocycles. The van der Waals surface area contributed by atoms with Crippen molar-refractivity contribution in [3.05, 3.63) is 72.7 Å². The number of nitrogens with zero attached hydrogens (tertiary/aromatic N) is 2. The normalized spacial score (nSPS) is 10.9. The lowest BCUT2D eigenvalue weighted by molar-refractivity contribution is 0.0696. The number of carboxylic acids is 1. The smallest absolute Gasteiger partial charge is 0.335 e. The molecular formula is C17H13N3O5S. The molecule has 9 heteroatoms. The predicted molar refractivity (Wildman–Crippen MR) is 92.8 cm³/mol. The molecule has 0 spiro atoms. The highest BCUT2D eigenvalue weighted by molar-refractivity contribution is 7.92. The number of hydrogen-bond acceptors (Lipinski definition) is 6. The average molecular weight is 371 g/mol. The van der Waals surface area contributed by atoms with Crippen molar-refractivity contribution >= 4 is 21.7 Å². The lowest BCUT2D eigenvalue weighted by Gasteiger charge is -2.10. The number of sulfonamides is 1. The molecule has 2 N–H and O–H groups in total. The number of carbonyl (C=O) groups is 1. The number of anilines is 1. The molecule has 3 rings (SSSR count). The average Bonchev–Trinajstić information content (AvgIpc) is 2.62. The van der Waals surface area contributed by atoms with Crippen LogP contribution in [0.4, 0.5) is 5.69 Å². The maximum atomic E-state index is 12.5. The van der Waals surface area contributed by atoms with Gasteiger partial charge < -0.3 is 9.84 Å². The zero-order chi connectivity index (χ0) is 18.6. The molecule has 1 aromatic heterocycles. The van der Waals surface area contributed by atoms with Gasteiger partial charge in [0.1, 0.15) is 5.75 Å². The first-order valence-corrected chi connectivity index (χ1v) is 8.82. The largest absolute Gasteiger partial charge is 0.478 e. The molecule has 0 atom stereocenters. The second-order valence-electron chi connectivity index (χ2n) is 5.11. The topological polar surface area (TPSA) is 118 Å². The molecule has 0 aliphatic rings. The van der Waals surface area contributed by atoms with Gasteiger partial charge in [0.15, 0.2) is 0 Å². The number of rotatable bonds is 6. The van der Waals surface area contributed by atoms with Crippen LogP contribution in [0.25, 0.3) is 0 Å². The zero-order valence-electron chi connectivity index (χ0n) is 13.2. The molecule has 1 heterocycles. The van der Waals surface area contributed by atoms with E-state index in [1.165, 1.54) is 42.9 Å². The third-order valence-electron chi connectivity index (χ3n) is 3.24. The Morgan fingerprint density at radius 1 is 1.08 bits per heavy atom. The van der Waals surface area contributed by atoms with Gasteiger partial charge in [-0.05, 0) is 30.3 Å². The van der Waals surface area contributed by atoms with E-state index in [9.17, 15) is 13.2 Å². The van der Waals surface area contributed by atoms with Crippen LogP contribution in [0.2, 0.25) is 0 Å². The molecule has 0 radical (unpaired) electrons. The fraction of sp³-hybridized carbons (Fsp3) is 0. The number of carboxylic acid groups (broad SMARTS) is 1. The van der Waals surface area contributed by atoms with E-state index in [0.717, 1.165) is 6.07 Å². The SMILES string of the molecule is O=C(O)c1cccc(S(=O)(=O)Nc2cccc(Oc3cnccn3)c2)c1. The Hall–Kier alpha value is -3.46. The Morgan fingerprint density at radius 2 is 1.88 bits per heavy atom. The fourth-order valence-corrected chi connectivity index (χ4v) is 3.19. The van der Waals surface area contributed by atoms with Crippen LogP contribution in [0.3, 0.4) is 0 Å². The van der Waals surface area contributed by atoms with Crippen LogP contribution in [0.1, 0.15) is 10.4 Å². The monoisotopic (exact) mass is 371 g/mol. The molecule has 0 fully saturated rings. The summed E-state index contributed by atoms with van der Waals surface area (Å²) in [6.07, 6.45) is 4.40. The fourth-order valence-electron chi connectivity index (χ4n) is 2.09. The van der Waals surface area contributed by atoms with Gasteiger partial charge in [-0.15, -0.1) is 0 Å². The Labute approximate surface area is 149 Å². The van der Waals surface area contributed by atoms with Gasteiger partial charge in [0.05, 0.1) is 22.3 Å². The quantitative estimate of drug-likeness (QED) is 0.684. The van der Waals surface area contributed by atoms with Crippen LogP contribution in [0, 0.1) is 0 Å². The van der Waals surface area contributed by atoms with Gasteiger partial charge in [-0.1, -0.05) is 12.1 Å². The summed E-state index contributed by atoms with van der Waals surface area (Å²) >= 11 is 0. The highest BCUT2D eigenvalue weighted by Gasteiger charge is 2.16. The number of hydrogen-bond donors (Lipinski definition) is 2. The van der Waals surface area contributed by atoms with Gasteiger partial charge in [0, 0.05) is 18.5 Å². The summed E-state index contributed by atoms with van der Waals surface area (Å²) in [4.78, 5) is 18.7. The van der Waals surface area contributed by atoms with E-state index in [1.807, 2.05) is 0 Å². The summed E-state index contributed by atoms with van der Waals surface area (Å²) in [6, 6.07) is 11.4. The summed E-state index contributed by atoms with van der Waals surface area (Å²) in [6.45, 7) is 0. The van der Waals surface area contributed by atoms with Crippen molar-refractivity contribution in [1.82, 2.24) is 9.97 Å². The lowest BCUT2D eigenvalue weighted by atomic mass is 10.2. The van der Waals surface area contributed by atoms with Gasteiger partial charge in [0.25, 0.3) is 10.0 Å². The molecule has 26 heavy (non-hydrogen) atoms. The number of ether oxygens (including phenoxy) is 1. The third-order valence-corrected chi connectivity index (χ3v) is 4.62. The lowest BCUT2D eigenvalue weighted by Crippen LogP contribution is -2.13. The number of aromatic carboxylic acids is 1. The van der Waals surface area contributed by atoms with Crippen LogP contribution in [0.15, 0.2) is 72.0 Å². The van der Waals surface area contributed by atoms with Crippen molar-refractivity contribution in [1.29, 1.82) is 0 Å². The molecule has 132 valence electrons. The number of aromatic nitrogens is 2. The molecule has 2 aromatic carbocycles. The van der Waals surface area contributed by atoms with Crippen molar-refractivity contribution in [3.63, 3.8) is 0 Å². The van der Waals surface area contributed by atoms with E-state index in [-0.39, 0.29) is 22.0 Å². The van der Waals surface area contributed by atoms with E-state index in [4.69, 9.17) is 9.84 Å². The molecule has 0 unspecified atom stereocenters. The predicted octanol–water partition coefficient (Wildman–Crippen LogP) is 2.77. The minimum absolute atomic E-state index is 0.118. The van der Waals surface area contributed by atoms with Crippen molar-refractivity contribution in [3.8, 4) is 11.6 Å². The molecular weight excluding hydrogens is 358 g/mol. The molecule has 8 nitrogen and oxygen atoms in total. The van der Waals surface area contributed by atoms with E-state index in [2.05, 4.69) is 14.7 Å². The van der Waals surface area contributed by atoms with Gasteiger partial charge in [-0.25, -0.2) is 18.2 Å². The Bertz CT molecular complexity index is 1040. The molecule has 0 saturated heterocycles. The Kier molecular flexibility index (Phi) is 4.81. The van der Waals surface area contributed by atoms with E-state index >= 15 is 0 Å². The Balaban J connectivity index is 1.83. The van der Waals surface area contributed by atoms with Gasteiger partial charge >= 0.3 is 5.97 Å².